The Morgan fingerprint density at radius 2 is 1.74 bits per heavy atom. The lowest BCUT2D eigenvalue weighted by molar-refractivity contribution is 0.0492. The molecule has 0 saturated carbocycles. The van der Waals surface area contributed by atoms with Crippen LogP contribution in [0.5, 0.6) is 11.5 Å². The summed E-state index contributed by atoms with van der Waals surface area (Å²) in [7, 11) is 5.48. The van der Waals surface area contributed by atoms with Crippen LogP contribution in [-0.4, -0.2) is 44.2 Å². The number of ether oxygens (including phenoxy) is 3. The molecule has 4 rings (SSSR count). The fourth-order valence-corrected chi connectivity index (χ4v) is 5.22. The van der Waals surface area contributed by atoms with Gasteiger partial charge in [-0.2, -0.15) is 0 Å². The number of hydrogen-bond donors (Lipinski definition) is 0. The fourth-order valence-electron chi connectivity index (χ4n) is 5.22. The zero-order chi connectivity index (χ0) is 22.2. The molecular formula is C26H31NO4. The summed E-state index contributed by atoms with van der Waals surface area (Å²) in [6.07, 6.45) is 4.62. The van der Waals surface area contributed by atoms with E-state index in [4.69, 9.17) is 14.2 Å². The molecule has 1 aliphatic heterocycles. The number of hydrogen-bond acceptors (Lipinski definition) is 5. The minimum atomic E-state index is -0.297. The van der Waals surface area contributed by atoms with Gasteiger partial charge in [-0.05, 0) is 76.2 Å². The molecule has 0 N–H and O–H groups in total. The molecule has 0 amide bonds. The third-order valence-corrected chi connectivity index (χ3v) is 7.39. The molecule has 0 bridgehead atoms. The number of fused-ring (bicyclic) bond motifs is 1. The van der Waals surface area contributed by atoms with E-state index in [0.29, 0.717) is 12.0 Å². The molecule has 0 aromatic heterocycles. The quantitative estimate of drug-likeness (QED) is 0.644. The summed E-state index contributed by atoms with van der Waals surface area (Å²) in [5.41, 5.74) is 2.67. The van der Waals surface area contributed by atoms with Crippen molar-refractivity contribution in [2.24, 2.45) is 0 Å². The number of benzene rings is 2. The van der Waals surface area contributed by atoms with E-state index >= 15 is 0 Å². The second-order valence-corrected chi connectivity index (χ2v) is 8.90. The van der Waals surface area contributed by atoms with Gasteiger partial charge in [0.15, 0.2) is 11.5 Å². The predicted octanol–water partition coefficient (Wildman–Crippen LogP) is 4.88. The minimum absolute atomic E-state index is 0.0823. The van der Waals surface area contributed by atoms with Crippen molar-refractivity contribution in [2.45, 2.75) is 44.1 Å². The Morgan fingerprint density at radius 1 is 1.03 bits per heavy atom. The zero-order valence-corrected chi connectivity index (χ0v) is 19.0. The summed E-state index contributed by atoms with van der Waals surface area (Å²) < 4.78 is 16.9. The molecule has 1 aliphatic carbocycles. The monoisotopic (exact) mass is 421 g/mol. The van der Waals surface area contributed by atoms with Crippen LogP contribution in [0.3, 0.4) is 0 Å². The average molecular weight is 422 g/mol. The van der Waals surface area contributed by atoms with Gasteiger partial charge in [-0.15, -0.1) is 0 Å². The first-order valence-corrected chi connectivity index (χ1v) is 10.7. The zero-order valence-electron chi connectivity index (χ0n) is 19.0. The van der Waals surface area contributed by atoms with E-state index in [9.17, 15) is 4.79 Å². The van der Waals surface area contributed by atoms with Gasteiger partial charge in [-0.1, -0.05) is 23.8 Å². The van der Waals surface area contributed by atoms with Crippen LogP contribution in [-0.2, 0) is 10.2 Å². The molecule has 0 radical (unpaired) electrons. The van der Waals surface area contributed by atoms with E-state index in [1.807, 2.05) is 37.3 Å². The van der Waals surface area contributed by atoms with Crippen molar-refractivity contribution in [3.05, 3.63) is 71.0 Å². The number of aryl methyl sites for hydroxylation is 1. The van der Waals surface area contributed by atoms with Gasteiger partial charge in [0.2, 0.25) is 0 Å². The van der Waals surface area contributed by atoms with E-state index in [-0.39, 0.29) is 16.9 Å². The van der Waals surface area contributed by atoms with Crippen molar-refractivity contribution >= 4 is 5.97 Å². The van der Waals surface area contributed by atoms with Gasteiger partial charge >= 0.3 is 5.97 Å². The lowest BCUT2D eigenvalue weighted by Gasteiger charge is -2.49. The first-order chi connectivity index (χ1) is 14.8. The van der Waals surface area contributed by atoms with E-state index in [0.717, 1.165) is 42.2 Å². The lowest BCUT2D eigenvalue weighted by Crippen LogP contribution is -2.54. The Hall–Kier alpha value is -2.79. The Balaban J connectivity index is 1.65. The first-order valence-electron chi connectivity index (χ1n) is 10.7. The van der Waals surface area contributed by atoms with Crippen LogP contribution in [0, 0.1) is 6.92 Å². The molecule has 2 aliphatic rings. The standard InChI is InChI=1S/C26H31NO4/c1-18-6-8-19(9-7-18)24(28)31-21-12-13-26(14-15-27(3)25(26,2)17-21)20-10-11-22(29-4)23(16-20)30-5/h6-12,16H,13-15,17H2,1-5H3/t25-,26-/m0/s1. The van der Waals surface area contributed by atoms with Crippen molar-refractivity contribution in [2.75, 3.05) is 27.8 Å². The van der Waals surface area contributed by atoms with Crippen molar-refractivity contribution < 1.29 is 19.0 Å². The Morgan fingerprint density at radius 3 is 2.42 bits per heavy atom. The van der Waals surface area contributed by atoms with Crippen LogP contribution in [0.25, 0.3) is 0 Å². The average Bonchev–Trinajstić information content (AvgIpc) is 3.04. The van der Waals surface area contributed by atoms with Crippen molar-refractivity contribution in [3.8, 4) is 11.5 Å². The number of allylic oxidation sites excluding steroid dienone is 1. The van der Waals surface area contributed by atoms with Crippen LogP contribution in [0.15, 0.2) is 54.3 Å². The maximum Gasteiger partial charge on any atom is 0.343 e. The van der Waals surface area contributed by atoms with Crippen LogP contribution >= 0.6 is 0 Å². The summed E-state index contributed by atoms with van der Waals surface area (Å²) in [6.45, 7) is 5.27. The highest BCUT2D eigenvalue weighted by Gasteiger charge is 2.57. The maximum atomic E-state index is 12.7. The molecule has 164 valence electrons. The van der Waals surface area contributed by atoms with Gasteiger partial charge in [0.25, 0.3) is 0 Å². The Kier molecular flexibility index (Phi) is 5.56. The van der Waals surface area contributed by atoms with Gasteiger partial charge in [0, 0.05) is 17.4 Å². The van der Waals surface area contributed by atoms with E-state index in [1.165, 1.54) is 5.56 Å². The highest BCUT2D eigenvalue weighted by molar-refractivity contribution is 5.90. The van der Waals surface area contributed by atoms with Crippen molar-refractivity contribution in [3.63, 3.8) is 0 Å². The summed E-state index contributed by atoms with van der Waals surface area (Å²) >= 11 is 0. The second-order valence-electron chi connectivity index (χ2n) is 8.90. The van der Waals surface area contributed by atoms with E-state index < -0.39 is 0 Å². The smallest absolute Gasteiger partial charge is 0.343 e. The van der Waals surface area contributed by atoms with Crippen LogP contribution in [0.4, 0.5) is 0 Å². The van der Waals surface area contributed by atoms with Crippen LogP contribution in [0.1, 0.15) is 47.7 Å². The first kappa shape index (κ1) is 21.4. The second kappa shape index (κ2) is 8.04. The maximum absolute atomic E-state index is 12.7. The van der Waals surface area contributed by atoms with Gasteiger partial charge in [-0.25, -0.2) is 4.79 Å². The number of esters is 1. The molecule has 1 fully saturated rings. The normalized spacial score (nSPS) is 25.5. The third-order valence-electron chi connectivity index (χ3n) is 7.39. The molecule has 1 heterocycles. The molecule has 5 nitrogen and oxygen atoms in total. The van der Waals surface area contributed by atoms with Crippen molar-refractivity contribution in [1.29, 1.82) is 0 Å². The number of likely N-dealkylation sites (tertiary alicyclic amines) is 1. The topological polar surface area (TPSA) is 48.0 Å². The predicted molar refractivity (Wildman–Crippen MR) is 121 cm³/mol. The summed E-state index contributed by atoms with van der Waals surface area (Å²) in [6, 6.07) is 13.7. The largest absolute Gasteiger partial charge is 0.493 e. The summed E-state index contributed by atoms with van der Waals surface area (Å²) in [5.74, 6) is 1.92. The Labute approximate surface area is 184 Å². The van der Waals surface area contributed by atoms with E-state index in [1.54, 1.807) is 14.2 Å². The number of carbonyl (C=O) groups excluding carboxylic acids is 1. The van der Waals surface area contributed by atoms with Gasteiger partial charge in [-0.3, -0.25) is 4.90 Å². The molecule has 31 heavy (non-hydrogen) atoms. The summed E-state index contributed by atoms with van der Waals surface area (Å²) in [5, 5.41) is 0. The number of nitrogens with zero attached hydrogens (tertiary/aromatic N) is 1. The van der Waals surface area contributed by atoms with Gasteiger partial charge in [0.05, 0.1) is 19.8 Å². The minimum Gasteiger partial charge on any atom is -0.493 e. The molecule has 2 aromatic rings. The molecule has 1 saturated heterocycles. The van der Waals surface area contributed by atoms with Gasteiger partial charge < -0.3 is 14.2 Å². The molecule has 2 aromatic carbocycles. The number of rotatable bonds is 5. The molecule has 0 unspecified atom stereocenters. The van der Waals surface area contributed by atoms with Crippen molar-refractivity contribution in [1.82, 2.24) is 4.90 Å². The summed E-state index contributed by atoms with van der Waals surface area (Å²) in [4.78, 5) is 15.1. The number of carbonyl (C=O) groups is 1. The highest BCUT2D eigenvalue weighted by atomic mass is 16.5. The van der Waals surface area contributed by atoms with Crippen LogP contribution in [0.2, 0.25) is 0 Å². The van der Waals surface area contributed by atoms with E-state index in [2.05, 4.69) is 37.1 Å². The lowest BCUT2D eigenvalue weighted by atomic mass is 9.60. The van der Waals surface area contributed by atoms with Gasteiger partial charge in [0.1, 0.15) is 5.76 Å². The Bertz CT molecular complexity index is 1010. The number of methoxy groups -OCH3 is 2. The molecular weight excluding hydrogens is 390 g/mol. The molecule has 0 spiro atoms. The van der Waals surface area contributed by atoms with Crippen LogP contribution < -0.4 is 9.47 Å². The fraction of sp³-hybridized carbons (Fsp3) is 0.423. The SMILES string of the molecule is COc1ccc([C@@]23CC=C(OC(=O)c4ccc(C)cc4)C[C@]2(C)N(C)CC3)cc1OC. The molecule has 2 atom stereocenters. The third kappa shape index (κ3) is 3.51. The highest BCUT2D eigenvalue weighted by Crippen LogP contribution is 2.55. The number of likely N-dealkylation sites (N-methyl/N-ethyl adjacent to an activating group) is 1. The molecule has 5 heteroatoms.